The molecule has 0 aliphatic rings. The van der Waals surface area contributed by atoms with Crippen LogP contribution in [0.4, 0.5) is 0 Å². The molecular formula is C18H15Cl2N3O2S. The maximum Gasteiger partial charge on any atom is 0.246 e. The van der Waals surface area contributed by atoms with Gasteiger partial charge >= 0.3 is 0 Å². The van der Waals surface area contributed by atoms with E-state index in [1.54, 1.807) is 36.2 Å². The lowest BCUT2D eigenvalue weighted by Gasteiger charge is -2.14. The molecule has 1 aromatic heterocycles. The smallest absolute Gasteiger partial charge is 0.246 e. The number of hydrogen-bond acceptors (Lipinski definition) is 5. The zero-order valence-electron chi connectivity index (χ0n) is 13.9. The van der Waals surface area contributed by atoms with Crippen LogP contribution in [0.2, 0.25) is 10.0 Å². The Bertz CT molecular complexity index is 882. The van der Waals surface area contributed by atoms with E-state index in [9.17, 15) is 4.79 Å². The van der Waals surface area contributed by atoms with Crippen molar-refractivity contribution in [1.82, 2.24) is 15.0 Å². The summed E-state index contributed by atoms with van der Waals surface area (Å²) in [7, 11) is 1.71. The van der Waals surface area contributed by atoms with Gasteiger partial charge in [0.2, 0.25) is 17.6 Å². The molecular weight excluding hydrogens is 393 g/mol. The van der Waals surface area contributed by atoms with E-state index in [4.69, 9.17) is 27.7 Å². The summed E-state index contributed by atoms with van der Waals surface area (Å²) in [6.45, 7) is 0.251. The molecule has 0 radical (unpaired) electrons. The first-order valence-corrected chi connectivity index (χ1v) is 9.46. The SMILES string of the molecule is CN(Cc1nc(-c2ccc(Cl)cc2)no1)C(=O)CSc1ccc(Cl)cc1. The molecule has 0 N–H and O–H groups in total. The van der Waals surface area contributed by atoms with E-state index in [-0.39, 0.29) is 12.5 Å². The van der Waals surface area contributed by atoms with Gasteiger partial charge in [0.05, 0.1) is 12.3 Å². The lowest BCUT2D eigenvalue weighted by molar-refractivity contribution is -0.127. The summed E-state index contributed by atoms with van der Waals surface area (Å²) in [5, 5.41) is 5.26. The van der Waals surface area contributed by atoms with Crippen molar-refractivity contribution in [3.63, 3.8) is 0 Å². The van der Waals surface area contributed by atoms with E-state index >= 15 is 0 Å². The Morgan fingerprint density at radius 3 is 2.35 bits per heavy atom. The summed E-state index contributed by atoms with van der Waals surface area (Å²) in [5.74, 6) is 1.13. The lowest BCUT2D eigenvalue weighted by atomic mass is 10.2. The highest BCUT2D eigenvalue weighted by atomic mass is 35.5. The third kappa shape index (κ3) is 5.00. The Morgan fingerprint density at radius 2 is 1.69 bits per heavy atom. The van der Waals surface area contributed by atoms with E-state index in [1.165, 1.54) is 11.8 Å². The van der Waals surface area contributed by atoms with Crippen LogP contribution in [0.25, 0.3) is 11.4 Å². The van der Waals surface area contributed by atoms with Gasteiger partial charge in [0.15, 0.2) is 0 Å². The van der Waals surface area contributed by atoms with Crippen molar-refractivity contribution in [2.75, 3.05) is 12.8 Å². The molecule has 1 amide bonds. The molecule has 0 saturated carbocycles. The molecule has 1 heterocycles. The molecule has 3 rings (SSSR count). The summed E-state index contributed by atoms with van der Waals surface area (Å²) >= 11 is 13.2. The minimum absolute atomic E-state index is 0.0313. The van der Waals surface area contributed by atoms with E-state index in [0.29, 0.717) is 27.5 Å². The fourth-order valence-corrected chi connectivity index (χ4v) is 3.20. The number of thioether (sulfide) groups is 1. The number of benzene rings is 2. The van der Waals surface area contributed by atoms with Gasteiger partial charge < -0.3 is 9.42 Å². The van der Waals surface area contributed by atoms with Crippen LogP contribution in [0.5, 0.6) is 0 Å². The number of carbonyl (C=O) groups excluding carboxylic acids is 1. The zero-order valence-corrected chi connectivity index (χ0v) is 16.2. The molecule has 0 spiro atoms. The van der Waals surface area contributed by atoms with Gasteiger partial charge in [-0.25, -0.2) is 0 Å². The highest BCUT2D eigenvalue weighted by Crippen LogP contribution is 2.21. The summed E-state index contributed by atoms with van der Waals surface area (Å²) in [6, 6.07) is 14.5. The highest BCUT2D eigenvalue weighted by molar-refractivity contribution is 8.00. The normalized spacial score (nSPS) is 10.7. The third-order valence-electron chi connectivity index (χ3n) is 3.54. The second-order valence-corrected chi connectivity index (χ2v) is 7.43. The van der Waals surface area contributed by atoms with Gasteiger partial charge in [-0.05, 0) is 48.5 Å². The monoisotopic (exact) mass is 407 g/mol. The number of carbonyl (C=O) groups is 1. The van der Waals surface area contributed by atoms with E-state index < -0.39 is 0 Å². The van der Waals surface area contributed by atoms with Crippen molar-refractivity contribution in [3.8, 4) is 11.4 Å². The van der Waals surface area contributed by atoms with Gasteiger partial charge in [0.1, 0.15) is 0 Å². The largest absolute Gasteiger partial charge is 0.337 e. The minimum Gasteiger partial charge on any atom is -0.337 e. The van der Waals surface area contributed by atoms with Crippen LogP contribution in [0, 0.1) is 0 Å². The molecule has 26 heavy (non-hydrogen) atoms. The molecule has 0 atom stereocenters. The highest BCUT2D eigenvalue weighted by Gasteiger charge is 2.15. The summed E-state index contributed by atoms with van der Waals surface area (Å²) < 4.78 is 5.24. The molecule has 0 bridgehead atoms. The molecule has 3 aromatic rings. The van der Waals surface area contributed by atoms with Crippen molar-refractivity contribution in [3.05, 3.63) is 64.5 Å². The van der Waals surface area contributed by atoms with Gasteiger partial charge in [-0.2, -0.15) is 4.98 Å². The molecule has 134 valence electrons. The Hall–Kier alpha value is -2.02. The van der Waals surface area contributed by atoms with Crippen molar-refractivity contribution in [2.24, 2.45) is 0 Å². The number of hydrogen-bond donors (Lipinski definition) is 0. The van der Waals surface area contributed by atoms with Crippen LogP contribution >= 0.6 is 35.0 Å². The van der Waals surface area contributed by atoms with Gasteiger partial charge in [-0.15, -0.1) is 11.8 Å². The first kappa shape index (κ1) is 18.8. The van der Waals surface area contributed by atoms with Gasteiger partial charge in [-0.3, -0.25) is 4.79 Å². The second-order valence-electron chi connectivity index (χ2n) is 5.51. The quantitative estimate of drug-likeness (QED) is 0.549. The lowest BCUT2D eigenvalue weighted by Crippen LogP contribution is -2.27. The van der Waals surface area contributed by atoms with Crippen molar-refractivity contribution >= 4 is 40.9 Å². The first-order valence-electron chi connectivity index (χ1n) is 7.72. The third-order valence-corrected chi connectivity index (χ3v) is 5.05. The molecule has 0 aliphatic heterocycles. The maximum absolute atomic E-state index is 12.3. The fraction of sp³-hybridized carbons (Fsp3) is 0.167. The predicted octanol–water partition coefficient (Wildman–Crippen LogP) is 4.79. The number of rotatable bonds is 6. The number of aromatic nitrogens is 2. The van der Waals surface area contributed by atoms with Crippen molar-refractivity contribution in [1.29, 1.82) is 0 Å². The Morgan fingerprint density at radius 1 is 1.08 bits per heavy atom. The average molecular weight is 408 g/mol. The van der Waals surface area contributed by atoms with Crippen LogP contribution in [-0.4, -0.2) is 33.7 Å². The maximum atomic E-state index is 12.3. The Kier molecular flexibility index (Phi) is 6.19. The van der Waals surface area contributed by atoms with E-state index in [1.807, 2.05) is 24.3 Å². The predicted molar refractivity (Wildman–Crippen MR) is 103 cm³/mol. The molecule has 2 aromatic carbocycles. The van der Waals surface area contributed by atoms with Crippen LogP contribution in [0.3, 0.4) is 0 Å². The van der Waals surface area contributed by atoms with Crippen LogP contribution in [0.1, 0.15) is 5.89 Å². The number of nitrogens with zero attached hydrogens (tertiary/aromatic N) is 3. The standard InChI is InChI=1S/C18H15Cl2N3O2S/c1-23(17(24)11-26-15-8-6-14(20)7-9-15)10-16-21-18(22-25-16)12-2-4-13(19)5-3-12/h2-9H,10-11H2,1H3. The topological polar surface area (TPSA) is 59.2 Å². The zero-order chi connectivity index (χ0) is 18.5. The molecule has 0 saturated heterocycles. The average Bonchev–Trinajstić information content (AvgIpc) is 3.10. The molecule has 5 nitrogen and oxygen atoms in total. The van der Waals surface area contributed by atoms with Gasteiger partial charge in [0.25, 0.3) is 0 Å². The summed E-state index contributed by atoms with van der Waals surface area (Å²) in [5.41, 5.74) is 0.802. The molecule has 8 heteroatoms. The van der Waals surface area contributed by atoms with Crippen molar-refractivity contribution in [2.45, 2.75) is 11.4 Å². The van der Waals surface area contributed by atoms with E-state index in [0.717, 1.165) is 10.5 Å². The van der Waals surface area contributed by atoms with Crippen molar-refractivity contribution < 1.29 is 9.32 Å². The summed E-state index contributed by atoms with van der Waals surface area (Å²) in [4.78, 5) is 19.1. The molecule has 0 aliphatic carbocycles. The van der Waals surface area contributed by atoms with Crippen LogP contribution in [-0.2, 0) is 11.3 Å². The van der Waals surface area contributed by atoms with Gasteiger partial charge in [0, 0.05) is 27.6 Å². The molecule has 0 fully saturated rings. The van der Waals surface area contributed by atoms with E-state index in [2.05, 4.69) is 10.1 Å². The minimum atomic E-state index is -0.0313. The Balaban J connectivity index is 1.55. The fourth-order valence-electron chi connectivity index (χ4n) is 2.11. The number of amides is 1. The first-order chi connectivity index (χ1) is 12.5. The Labute approximate surface area is 165 Å². The second kappa shape index (κ2) is 8.58. The summed E-state index contributed by atoms with van der Waals surface area (Å²) in [6.07, 6.45) is 0. The van der Waals surface area contributed by atoms with Gasteiger partial charge in [-0.1, -0.05) is 28.4 Å². The van der Waals surface area contributed by atoms with Crippen LogP contribution < -0.4 is 0 Å². The number of halogens is 2. The molecule has 0 unspecified atom stereocenters. The van der Waals surface area contributed by atoms with Crippen LogP contribution in [0.15, 0.2) is 57.9 Å².